The number of carbonyl (C=O) groups excluding carboxylic acids is 1. The summed E-state index contributed by atoms with van der Waals surface area (Å²) < 4.78 is 57.8. The Morgan fingerprint density at radius 3 is 2.05 bits per heavy atom. The van der Waals surface area contributed by atoms with Crippen molar-refractivity contribution in [2.45, 2.75) is 25.4 Å². The van der Waals surface area contributed by atoms with Gasteiger partial charge in [0.1, 0.15) is 17.5 Å². The fourth-order valence-corrected chi connectivity index (χ4v) is 6.06. The summed E-state index contributed by atoms with van der Waals surface area (Å²) in [6.07, 6.45) is 1.46. The number of carbonyl (C=O) groups is 1. The van der Waals surface area contributed by atoms with Crippen LogP contribution in [-0.4, -0.2) is 56.7 Å². The van der Waals surface area contributed by atoms with Gasteiger partial charge in [0.05, 0.1) is 21.3 Å². The molecule has 0 aliphatic carbocycles. The molecular weight excluding hydrogens is 509 g/mol. The number of likely N-dealkylation sites (tertiary alicyclic amines) is 2. The summed E-state index contributed by atoms with van der Waals surface area (Å²) in [6.45, 7) is 2.07. The van der Waals surface area contributed by atoms with Crippen LogP contribution >= 0.6 is 0 Å². The Morgan fingerprint density at radius 2 is 1.49 bits per heavy atom. The Kier molecular flexibility index (Phi) is 7.44. The van der Waals surface area contributed by atoms with Gasteiger partial charge in [-0.25, -0.2) is 13.2 Å². The largest absolute Gasteiger partial charge is 0.493 e. The van der Waals surface area contributed by atoms with Crippen LogP contribution in [-0.2, 0) is 6.54 Å². The smallest absolute Gasteiger partial charge is 0.254 e. The second kappa shape index (κ2) is 10.8. The van der Waals surface area contributed by atoms with Crippen LogP contribution in [0, 0.1) is 22.9 Å². The maximum absolute atomic E-state index is 14.5. The number of methoxy groups -OCH3 is 3. The molecule has 2 heterocycles. The van der Waals surface area contributed by atoms with Gasteiger partial charge in [0.2, 0.25) is 5.75 Å². The van der Waals surface area contributed by atoms with Gasteiger partial charge in [-0.15, -0.1) is 0 Å². The molecule has 206 valence electrons. The molecule has 2 fully saturated rings. The van der Waals surface area contributed by atoms with E-state index in [9.17, 15) is 18.0 Å². The van der Waals surface area contributed by atoms with Crippen molar-refractivity contribution in [3.05, 3.63) is 88.7 Å². The van der Waals surface area contributed by atoms with Crippen LogP contribution in [0.15, 0.2) is 54.6 Å². The molecule has 2 aliphatic heterocycles. The van der Waals surface area contributed by atoms with Crippen LogP contribution < -0.4 is 14.2 Å². The standard InChI is InChI=1S/C30H31F3N2O4/c1-37-25-14-21(15-26(38-2)27(25)39-3)29(36)34-12-10-30(11-13-34)18-35(17-20-6-9-23(32)16-24(20)33)28(30)19-4-7-22(31)8-5-19/h4-9,14-16,28H,10-13,17-18H2,1-3H3. The van der Waals surface area contributed by atoms with E-state index < -0.39 is 11.6 Å². The van der Waals surface area contributed by atoms with Gasteiger partial charge in [-0.05, 0) is 48.7 Å². The molecule has 2 aliphatic rings. The van der Waals surface area contributed by atoms with E-state index >= 15 is 0 Å². The second-order valence-electron chi connectivity index (χ2n) is 10.2. The Balaban J connectivity index is 1.35. The summed E-state index contributed by atoms with van der Waals surface area (Å²) in [6, 6.07) is 13.2. The minimum Gasteiger partial charge on any atom is -0.493 e. The van der Waals surface area contributed by atoms with Crippen LogP contribution in [0.5, 0.6) is 17.2 Å². The van der Waals surface area contributed by atoms with Crippen molar-refractivity contribution in [1.82, 2.24) is 9.80 Å². The van der Waals surface area contributed by atoms with Gasteiger partial charge in [0.15, 0.2) is 11.5 Å². The van der Waals surface area contributed by atoms with E-state index in [4.69, 9.17) is 14.2 Å². The van der Waals surface area contributed by atoms with Crippen molar-refractivity contribution in [2.24, 2.45) is 5.41 Å². The molecule has 0 saturated carbocycles. The summed E-state index contributed by atoms with van der Waals surface area (Å²) in [5.41, 5.74) is 1.64. The van der Waals surface area contributed by atoms with Gasteiger partial charge in [0, 0.05) is 54.8 Å². The number of hydrogen-bond donors (Lipinski definition) is 0. The normalized spacial score (nSPS) is 18.5. The molecule has 0 bridgehead atoms. The molecule has 0 N–H and O–H groups in total. The molecule has 0 radical (unpaired) electrons. The van der Waals surface area contributed by atoms with Gasteiger partial charge in [-0.2, -0.15) is 0 Å². The number of ether oxygens (including phenoxy) is 3. The van der Waals surface area contributed by atoms with Crippen LogP contribution in [0.1, 0.15) is 40.4 Å². The third-order valence-corrected chi connectivity index (χ3v) is 8.00. The molecule has 5 rings (SSSR count). The summed E-state index contributed by atoms with van der Waals surface area (Å²) in [7, 11) is 4.52. The summed E-state index contributed by atoms with van der Waals surface area (Å²) in [5, 5.41) is 0. The van der Waals surface area contributed by atoms with Gasteiger partial charge < -0.3 is 19.1 Å². The van der Waals surface area contributed by atoms with Crippen molar-refractivity contribution in [3.8, 4) is 17.2 Å². The van der Waals surface area contributed by atoms with Crippen LogP contribution in [0.4, 0.5) is 13.2 Å². The van der Waals surface area contributed by atoms with Gasteiger partial charge in [0.25, 0.3) is 5.91 Å². The molecular formula is C30H31F3N2O4. The molecule has 1 amide bonds. The van der Waals surface area contributed by atoms with Crippen molar-refractivity contribution >= 4 is 5.91 Å². The summed E-state index contributed by atoms with van der Waals surface area (Å²) in [5.74, 6) is -0.417. The Labute approximate surface area is 225 Å². The van der Waals surface area contributed by atoms with Crippen molar-refractivity contribution in [1.29, 1.82) is 0 Å². The van der Waals surface area contributed by atoms with E-state index in [0.29, 0.717) is 54.6 Å². The quantitative estimate of drug-likeness (QED) is 0.390. The van der Waals surface area contributed by atoms with Crippen molar-refractivity contribution in [3.63, 3.8) is 0 Å². The number of hydrogen-bond acceptors (Lipinski definition) is 5. The number of rotatable bonds is 7. The molecule has 9 heteroatoms. The third-order valence-electron chi connectivity index (χ3n) is 8.00. The summed E-state index contributed by atoms with van der Waals surface area (Å²) in [4.78, 5) is 17.4. The van der Waals surface area contributed by atoms with Crippen LogP contribution in [0.2, 0.25) is 0 Å². The lowest BCUT2D eigenvalue weighted by atomic mass is 9.63. The number of piperidine rings is 1. The number of nitrogens with zero attached hydrogens (tertiary/aromatic N) is 2. The Morgan fingerprint density at radius 1 is 0.872 bits per heavy atom. The molecule has 1 atom stereocenters. The fourth-order valence-electron chi connectivity index (χ4n) is 6.06. The van der Waals surface area contributed by atoms with Gasteiger partial charge in [-0.1, -0.05) is 18.2 Å². The number of amides is 1. The first-order chi connectivity index (χ1) is 18.8. The van der Waals surface area contributed by atoms with E-state index in [1.165, 1.54) is 45.6 Å². The highest BCUT2D eigenvalue weighted by molar-refractivity contribution is 5.95. The number of benzene rings is 3. The predicted molar refractivity (Wildman–Crippen MR) is 140 cm³/mol. The van der Waals surface area contributed by atoms with Gasteiger partial charge in [-0.3, -0.25) is 9.69 Å². The predicted octanol–water partition coefficient (Wildman–Crippen LogP) is 5.61. The minimum atomic E-state index is -0.615. The first-order valence-corrected chi connectivity index (χ1v) is 12.8. The number of halogens is 3. The minimum absolute atomic E-state index is 0.0824. The molecule has 6 nitrogen and oxygen atoms in total. The molecule has 0 aromatic heterocycles. The lowest BCUT2D eigenvalue weighted by Crippen LogP contribution is -2.62. The lowest BCUT2D eigenvalue weighted by Gasteiger charge is -2.61. The lowest BCUT2D eigenvalue weighted by molar-refractivity contribution is -0.114. The van der Waals surface area contributed by atoms with Crippen molar-refractivity contribution < 1.29 is 32.2 Å². The molecule has 39 heavy (non-hydrogen) atoms. The Hall–Kier alpha value is -3.72. The zero-order valence-electron chi connectivity index (χ0n) is 22.2. The average molecular weight is 541 g/mol. The van der Waals surface area contributed by atoms with E-state index in [1.54, 1.807) is 24.3 Å². The third kappa shape index (κ3) is 5.03. The zero-order chi connectivity index (χ0) is 27.7. The van der Waals surface area contributed by atoms with E-state index in [1.807, 2.05) is 4.90 Å². The highest BCUT2D eigenvalue weighted by Crippen LogP contribution is 2.55. The zero-order valence-corrected chi connectivity index (χ0v) is 22.2. The monoisotopic (exact) mass is 540 g/mol. The van der Waals surface area contributed by atoms with Crippen LogP contribution in [0.25, 0.3) is 0 Å². The van der Waals surface area contributed by atoms with Crippen molar-refractivity contribution in [2.75, 3.05) is 41.0 Å². The van der Waals surface area contributed by atoms with E-state index in [0.717, 1.165) is 24.5 Å². The highest BCUT2D eigenvalue weighted by Gasteiger charge is 2.54. The van der Waals surface area contributed by atoms with E-state index in [-0.39, 0.29) is 23.2 Å². The highest BCUT2D eigenvalue weighted by atomic mass is 19.1. The average Bonchev–Trinajstić information content (AvgIpc) is 2.94. The first-order valence-electron chi connectivity index (χ1n) is 12.8. The molecule has 3 aromatic carbocycles. The maximum Gasteiger partial charge on any atom is 0.254 e. The topological polar surface area (TPSA) is 51.2 Å². The fraction of sp³-hybridized carbons (Fsp3) is 0.367. The van der Waals surface area contributed by atoms with Gasteiger partial charge >= 0.3 is 0 Å². The summed E-state index contributed by atoms with van der Waals surface area (Å²) >= 11 is 0. The van der Waals surface area contributed by atoms with Crippen LogP contribution in [0.3, 0.4) is 0 Å². The molecule has 1 unspecified atom stereocenters. The SMILES string of the molecule is COc1cc(C(=O)N2CCC3(CC2)CN(Cc2ccc(F)cc2F)C3c2ccc(F)cc2)cc(OC)c1OC. The molecule has 1 spiro atoms. The first kappa shape index (κ1) is 26.9. The second-order valence-corrected chi connectivity index (χ2v) is 10.2. The van der Waals surface area contributed by atoms with E-state index in [2.05, 4.69) is 4.90 Å². The molecule has 2 saturated heterocycles. The molecule has 3 aromatic rings. The maximum atomic E-state index is 14.5. The Bertz CT molecular complexity index is 1330.